The average molecular weight is 313 g/mol. The second-order valence-electron chi connectivity index (χ2n) is 6.89. The molecule has 1 aromatic heterocycles. The lowest BCUT2D eigenvalue weighted by Gasteiger charge is -2.30. The van der Waals surface area contributed by atoms with Crippen molar-refractivity contribution in [2.45, 2.75) is 59.4 Å². The Morgan fingerprint density at radius 1 is 1.50 bits per heavy atom. The number of aromatic nitrogens is 1. The zero-order valence-electron chi connectivity index (χ0n) is 12.8. The zero-order chi connectivity index (χ0) is 14.9. The van der Waals surface area contributed by atoms with Crippen LogP contribution in [0.2, 0.25) is 0 Å². The molecule has 1 aliphatic rings. The summed E-state index contributed by atoms with van der Waals surface area (Å²) in [6.45, 7) is 9.64. The van der Waals surface area contributed by atoms with E-state index in [0.29, 0.717) is 12.5 Å². The number of H-pyrrole nitrogens is 1. The SMILES string of the molecule is Cc1[nH]c(=S)sc1CC(=O)N1CCC[C@@H]1CC(C)(C)C. The van der Waals surface area contributed by atoms with Gasteiger partial charge in [-0.05, 0) is 43.8 Å². The molecular weight excluding hydrogens is 288 g/mol. The first-order valence-electron chi connectivity index (χ1n) is 7.24. The molecule has 1 aliphatic heterocycles. The highest BCUT2D eigenvalue weighted by molar-refractivity contribution is 7.73. The molecule has 0 spiro atoms. The Morgan fingerprint density at radius 3 is 2.75 bits per heavy atom. The van der Waals surface area contributed by atoms with Crippen LogP contribution in [0, 0.1) is 16.3 Å². The monoisotopic (exact) mass is 312 g/mol. The fraction of sp³-hybridized carbons (Fsp3) is 0.733. The summed E-state index contributed by atoms with van der Waals surface area (Å²) in [4.78, 5) is 18.8. The van der Waals surface area contributed by atoms with Crippen molar-refractivity contribution >= 4 is 29.5 Å². The maximum atomic E-state index is 12.6. The van der Waals surface area contributed by atoms with Gasteiger partial charge < -0.3 is 9.88 Å². The van der Waals surface area contributed by atoms with E-state index in [-0.39, 0.29) is 11.3 Å². The third kappa shape index (κ3) is 3.92. The molecule has 1 N–H and O–H groups in total. The number of aromatic amines is 1. The third-order valence-corrected chi connectivity index (χ3v) is 5.12. The summed E-state index contributed by atoms with van der Waals surface area (Å²) in [5.41, 5.74) is 1.31. The number of likely N-dealkylation sites (tertiary alicyclic amines) is 1. The molecule has 112 valence electrons. The van der Waals surface area contributed by atoms with Gasteiger partial charge >= 0.3 is 0 Å². The number of carbonyl (C=O) groups is 1. The predicted octanol–water partition coefficient (Wildman–Crippen LogP) is 4.08. The summed E-state index contributed by atoms with van der Waals surface area (Å²) < 4.78 is 0.762. The first-order valence-corrected chi connectivity index (χ1v) is 8.47. The standard InChI is InChI=1S/C15H24N2OS2/c1-10-12(20-14(19)16-10)8-13(18)17-7-5-6-11(17)9-15(2,3)4/h11H,5-9H2,1-4H3,(H,16,19)/t11-/m1/s1. The molecule has 1 saturated heterocycles. The lowest BCUT2D eigenvalue weighted by atomic mass is 9.87. The molecule has 20 heavy (non-hydrogen) atoms. The molecule has 0 radical (unpaired) electrons. The molecule has 1 aromatic rings. The maximum absolute atomic E-state index is 12.6. The van der Waals surface area contributed by atoms with E-state index in [9.17, 15) is 4.79 Å². The van der Waals surface area contributed by atoms with Crippen LogP contribution in [0.25, 0.3) is 0 Å². The van der Waals surface area contributed by atoms with Crippen LogP contribution < -0.4 is 0 Å². The van der Waals surface area contributed by atoms with Crippen molar-refractivity contribution in [2.75, 3.05) is 6.54 Å². The van der Waals surface area contributed by atoms with Gasteiger partial charge in [0, 0.05) is 23.2 Å². The highest BCUT2D eigenvalue weighted by Gasteiger charge is 2.31. The van der Waals surface area contributed by atoms with E-state index in [1.807, 2.05) is 6.92 Å². The summed E-state index contributed by atoms with van der Waals surface area (Å²) in [5, 5.41) is 0. The lowest BCUT2D eigenvalue weighted by molar-refractivity contribution is -0.131. The predicted molar refractivity (Wildman–Crippen MR) is 86.8 cm³/mol. The van der Waals surface area contributed by atoms with Crippen molar-refractivity contribution in [1.29, 1.82) is 0 Å². The van der Waals surface area contributed by atoms with Crippen LogP contribution in [-0.4, -0.2) is 28.4 Å². The molecule has 2 heterocycles. The Kier molecular flexibility index (Phi) is 4.69. The molecule has 0 unspecified atom stereocenters. The van der Waals surface area contributed by atoms with Crippen LogP contribution in [0.4, 0.5) is 0 Å². The van der Waals surface area contributed by atoms with E-state index in [2.05, 4.69) is 30.7 Å². The minimum Gasteiger partial charge on any atom is -0.341 e. The van der Waals surface area contributed by atoms with Gasteiger partial charge in [0.05, 0.1) is 6.42 Å². The Hall–Kier alpha value is -0.680. The summed E-state index contributed by atoms with van der Waals surface area (Å²) in [6.07, 6.45) is 3.85. The minimum atomic E-state index is 0.255. The van der Waals surface area contributed by atoms with E-state index in [1.54, 1.807) is 0 Å². The van der Waals surface area contributed by atoms with Crippen LogP contribution in [-0.2, 0) is 11.2 Å². The largest absolute Gasteiger partial charge is 0.341 e. The zero-order valence-corrected chi connectivity index (χ0v) is 14.4. The first kappa shape index (κ1) is 15.7. The molecule has 2 rings (SSSR count). The van der Waals surface area contributed by atoms with Crippen molar-refractivity contribution in [3.63, 3.8) is 0 Å². The second-order valence-corrected chi connectivity index (χ2v) is 8.66. The van der Waals surface area contributed by atoms with Crippen LogP contribution in [0.15, 0.2) is 0 Å². The van der Waals surface area contributed by atoms with Gasteiger partial charge in [-0.3, -0.25) is 4.79 Å². The molecule has 3 nitrogen and oxygen atoms in total. The number of thiazole rings is 1. The lowest BCUT2D eigenvalue weighted by Crippen LogP contribution is -2.38. The van der Waals surface area contributed by atoms with E-state index in [0.717, 1.165) is 40.3 Å². The molecule has 1 atom stereocenters. The molecule has 1 fully saturated rings. The van der Waals surface area contributed by atoms with Crippen LogP contribution in [0.1, 0.15) is 50.6 Å². The maximum Gasteiger partial charge on any atom is 0.228 e. The number of rotatable bonds is 3. The van der Waals surface area contributed by atoms with Crippen molar-refractivity contribution in [2.24, 2.45) is 5.41 Å². The van der Waals surface area contributed by atoms with Gasteiger partial charge in [0.25, 0.3) is 0 Å². The van der Waals surface area contributed by atoms with Crippen molar-refractivity contribution in [3.05, 3.63) is 14.5 Å². The van der Waals surface area contributed by atoms with Gasteiger partial charge in [-0.15, -0.1) is 11.3 Å². The highest BCUT2D eigenvalue weighted by Crippen LogP contribution is 2.30. The summed E-state index contributed by atoms with van der Waals surface area (Å²) in [6, 6.07) is 0.412. The molecule has 1 amide bonds. The fourth-order valence-electron chi connectivity index (χ4n) is 2.93. The van der Waals surface area contributed by atoms with Crippen LogP contribution in [0.5, 0.6) is 0 Å². The summed E-state index contributed by atoms with van der Waals surface area (Å²) in [5.74, 6) is 0.255. The summed E-state index contributed by atoms with van der Waals surface area (Å²) >= 11 is 6.67. The smallest absolute Gasteiger partial charge is 0.228 e. The number of hydrogen-bond acceptors (Lipinski definition) is 3. The Bertz CT molecular complexity index is 539. The number of amides is 1. The number of carbonyl (C=O) groups excluding carboxylic acids is 1. The quantitative estimate of drug-likeness (QED) is 0.854. The number of nitrogens with zero attached hydrogens (tertiary/aromatic N) is 1. The Balaban J connectivity index is 2.04. The van der Waals surface area contributed by atoms with E-state index in [4.69, 9.17) is 12.2 Å². The molecular formula is C15H24N2OS2. The van der Waals surface area contributed by atoms with Gasteiger partial charge in [0.15, 0.2) is 3.95 Å². The topological polar surface area (TPSA) is 36.1 Å². The van der Waals surface area contributed by atoms with Gasteiger partial charge in [0.2, 0.25) is 5.91 Å². The van der Waals surface area contributed by atoms with E-state index < -0.39 is 0 Å². The van der Waals surface area contributed by atoms with E-state index in [1.165, 1.54) is 11.3 Å². The van der Waals surface area contributed by atoms with Crippen molar-refractivity contribution in [3.8, 4) is 0 Å². The fourth-order valence-corrected chi connectivity index (χ4v) is 4.21. The molecule has 0 aliphatic carbocycles. The van der Waals surface area contributed by atoms with Crippen LogP contribution >= 0.6 is 23.6 Å². The Labute approximate surface area is 130 Å². The molecule has 5 heteroatoms. The van der Waals surface area contributed by atoms with Crippen molar-refractivity contribution < 1.29 is 4.79 Å². The summed E-state index contributed by atoms with van der Waals surface area (Å²) in [7, 11) is 0. The first-order chi connectivity index (χ1) is 9.26. The Morgan fingerprint density at radius 2 is 2.20 bits per heavy atom. The number of nitrogens with one attached hydrogen (secondary N) is 1. The normalized spacial score (nSPS) is 19.6. The van der Waals surface area contributed by atoms with Gasteiger partial charge in [-0.2, -0.15) is 0 Å². The highest BCUT2D eigenvalue weighted by atomic mass is 32.1. The molecule has 0 aromatic carbocycles. The number of aryl methyl sites for hydroxylation is 1. The van der Waals surface area contributed by atoms with Crippen molar-refractivity contribution in [1.82, 2.24) is 9.88 Å². The number of hydrogen-bond donors (Lipinski definition) is 1. The van der Waals surface area contributed by atoms with Gasteiger partial charge in [-0.1, -0.05) is 20.8 Å². The molecule has 0 saturated carbocycles. The molecule has 0 bridgehead atoms. The van der Waals surface area contributed by atoms with Gasteiger partial charge in [0.1, 0.15) is 0 Å². The van der Waals surface area contributed by atoms with Gasteiger partial charge in [-0.25, -0.2) is 0 Å². The van der Waals surface area contributed by atoms with E-state index >= 15 is 0 Å². The third-order valence-electron chi connectivity index (χ3n) is 3.78. The second kappa shape index (κ2) is 5.98. The van der Waals surface area contributed by atoms with Crippen LogP contribution in [0.3, 0.4) is 0 Å². The average Bonchev–Trinajstić information content (AvgIpc) is 2.84. The minimum absolute atomic E-state index is 0.255.